The molecular formula is C20H10BrClO. The van der Waals surface area contributed by atoms with Crippen LogP contribution in [0.2, 0.25) is 5.02 Å². The van der Waals surface area contributed by atoms with E-state index < -0.39 is 0 Å². The lowest BCUT2D eigenvalue weighted by atomic mass is 10.0. The van der Waals surface area contributed by atoms with Crippen molar-refractivity contribution >= 4 is 71.0 Å². The predicted octanol–water partition coefficient (Wildman–Crippen LogP) is 7.31. The van der Waals surface area contributed by atoms with E-state index in [0.717, 1.165) is 42.6 Å². The van der Waals surface area contributed by atoms with Crippen molar-refractivity contribution in [3.63, 3.8) is 0 Å². The molecule has 1 nitrogen and oxygen atoms in total. The minimum absolute atomic E-state index is 0.716. The van der Waals surface area contributed by atoms with Crippen LogP contribution in [-0.4, -0.2) is 0 Å². The molecule has 0 aliphatic rings. The molecule has 1 heterocycles. The lowest BCUT2D eigenvalue weighted by molar-refractivity contribution is 0.668. The fourth-order valence-electron chi connectivity index (χ4n) is 3.35. The highest BCUT2D eigenvalue weighted by Gasteiger charge is 2.16. The van der Waals surface area contributed by atoms with Gasteiger partial charge in [-0.3, -0.25) is 0 Å². The molecule has 4 aromatic carbocycles. The minimum atomic E-state index is 0.716. The molecule has 5 aromatic rings. The maximum atomic E-state index is 6.44. The Bertz CT molecular complexity index is 1240. The van der Waals surface area contributed by atoms with Gasteiger partial charge in [0.25, 0.3) is 0 Å². The molecule has 0 spiro atoms. The summed E-state index contributed by atoms with van der Waals surface area (Å²) >= 11 is 10.2. The number of halogens is 2. The summed E-state index contributed by atoms with van der Waals surface area (Å²) < 4.78 is 7.14. The fourth-order valence-corrected chi connectivity index (χ4v) is 4.26. The topological polar surface area (TPSA) is 13.1 Å². The third-order valence-electron chi connectivity index (χ3n) is 4.38. The van der Waals surface area contributed by atoms with Gasteiger partial charge in [-0.15, -0.1) is 0 Å². The van der Waals surface area contributed by atoms with E-state index in [1.54, 1.807) is 0 Å². The maximum Gasteiger partial charge on any atom is 0.150 e. The molecule has 0 fully saturated rings. The fraction of sp³-hybridized carbons (Fsp3) is 0. The Morgan fingerprint density at radius 1 is 0.783 bits per heavy atom. The molecule has 5 rings (SSSR count). The maximum absolute atomic E-state index is 6.44. The lowest BCUT2D eigenvalue weighted by Gasteiger charge is -2.03. The highest BCUT2D eigenvalue weighted by molar-refractivity contribution is 9.10. The van der Waals surface area contributed by atoms with E-state index >= 15 is 0 Å². The molecule has 23 heavy (non-hydrogen) atoms. The summed E-state index contributed by atoms with van der Waals surface area (Å²) in [6.07, 6.45) is 0. The lowest BCUT2D eigenvalue weighted by Crippen LogP contribution is -1.78. The number of benzene rings is 4. The number of hydrogen-bond donors (Lipinski definition) is 0. The van der Waals surface area contributed by atoms with Crippen molar-refractivity contribution in [2.45, 2.75) is 0 Å². The van der Waals surface area contributed by atoms with Crippen molar-refractivity contribution in [2.75, 3.05) is 0 Å². The van der Waals surface area contributed by atoms with Crippen LogP contribution in [0.5, 0.6) is 0 Å². The molecule has 0 aliphatic heterocycles. The summed E-state index contributed by atoms with van der Waals surface area (Å²) in [5.74, 6) is 0. The van der Waals surface area contributed by atoms with E-state index in [1.807, 2.05) is 30.3 Å². The first kappa shape index (κ1) is 13.4. The van der Waals surface area contributed by atoms with Crippen LogP contribution in [0.1, 0.15) is 0 Å². The molecular weight excluding hydrogens is 372 g/mol. The SMILES string of the molecule is Clc1cc2oc3c(Br)c4ccccc4cc3c2c2ccccc12. The Hall–Kier alpha value is -2.03. The van der Waals surface area contributed by atoms with Gasteiger partial charge >= 0.3 is 0 Å². The Labute approximate surface area is 145 Å². The van der Waals surface area contributed by atoms with Gasteiger partial charge < -0.3 is 4.42 Å². The van der Waals surface area contributed by atoms with Crippen LogP contribution in [0.4, 0.5) is 0 Å². The van der Waals surface area contributed by atoms with Crippen LogP contribution < -0.4 is 0 Å². The van der Waals surface area contributed by atoms with Gasteiger partial charge in [0.1, 0.15) is 11.2 Å². The third kappa shape index (κ3) is 1.79. The summed E-state index contributed by atoms with van der Waals surface area (Å²) in [5, 5.41) is 7.45. The van der Waals surface area contributed by atoms with E-state index in [9.17, 15) is 0 Å². The van der Waals surface area contributed by atoms with Gasteiger partial charge in [-0.25, -0.2) is 0 Å². The molecule has 0 saturated heterocycles. The highest BCUT2D eigenvalue weighted by Crippen LogP contribution is 2.42. The molecule has 0 bridgehead atoms. The van der Waals surface area contributed by atoms with Gasteiger partial charge in [0.15, 0.2) is 0 Å². The average Bonchev–Trinajstić information content (AvgIpc) is 2.94. The average molecular weight is 382 g/mol. The van der Waals surface area contributed by atoms with E-state index in [4.69, 9.17) is 16.0 Å². The van der Waals surface area contributed by atoms with Crippen molar-refractivity contribution in [1.29, 1.82) is 0 Å². The van der Waals surface area contributed by atoms with Gasteiger partial charge in [-0.1, -0.05) is 60.1 Å². The number of hydrogen-bond acceptors (Lipinski definition) is 1. The van der Waals surface area contributed by atoms with E-state index in [-0.39, 0.29) is 0 Å². The normalized spacial score (nSPS) is 11.9. The van der Waals surface area contributed by atoms with E-state index in [2.05, 4.69) is 46.3 Å². The zero-order chi connectivity index (χ0) is 15.6. The Kier molecular flexibility index (Phi) is 2.76. The molecule has 0 unspecified atom stereocenters. The molecule has 0 aliphatic carbocycles. The molecule has 0 radical (unpaired) electrons. The number of fused-ring (bicyclic) bond motifs is 6. The van der Waals surface area contributed by atoms with E-state index in [0.29, 0.717) is 5.02 Å². The summed E-state index contributed by atoms with van der Waals surface area (Å²) in [4.78, 5) is 0. The minimum Gasteiger partial charge on any atom is -0.455 e. The molecule has 0 amide bonds. The third-order valence-corrected chi connectivity index (χ3v) is 5.48. The largest absolute Gasteiger partial charge is 0.455 e. The zero-order valence-electron chi connectivity index (χ0n) is 11.9. The quantitative estimate of drug-likeness (QED) is 0.274. The molecule has 0 atom stereocenters. The van der Waals surface area contributed by atoms with Gasteiger partial charge in [0, 0.05) is 22.2 Å². The Morgan fingerprint density at radius 2 is 1.48 bits per heavy atom. The van der Waals surface area contributed by atoms with Crippen LogP contribution in [0, 0.1) is 0 Å². The van der Waals surface area contributed by atoms with Gasteiger partial charge in [-0.2, -0.15) is 0 Å². The number of furan rings is 1. The zero-order valence-corrected chi connectivity index (χ0v) is 14.3. The van der Waals surface area contributed by atoms with Crippen molar-refractivity contribution in [3.8, 4) is 0 Å². The van der Waals surface area contributed by atoms with Crippen LogP contribution in [0.25, 0.3) is 43.5 Å². The molecule has 3 heteroatoms. The smallest absolute Gasteiger partial charge is 0.150 e. The predicted molar refractivity (Wildman–Crippen MR) is 101 cm³/mol. The first-order chi connectivity index (χ1) is 11.2. The van der Waals surface area contributed by atoms with Crippen molar-refractivity contribution in [1.82, 2.24) is 0 Å². The summed E-state index contributed by atoms with van der Waals surface area (Å²) in [7, 11) is 0. The van der Waals surface area contributed by atoms with Crippen LogP contribution in [0.3, 0.4) is 0 Å². The molecule has 1 aromatic heterocycles. The molecule has 0 saturated carbocycles. The Morgan fingerprint density at radius 3 is 2.30 bits per heavy atom. The summed E-state index contributed by atoms with van der Waals surface area (Å²) in [6.45, 7) is 0. The van der Waals surface area contributed by atoms with Gasteiger partial charge in [-0.05, 0) is 38.2 Å². The Balaban J connectivity index is 2.12. The van der Waals surface area contributed by atoms with Crippen molar-refractivity contribution in [2.24, 2.45) is 0 Å². The number of rotatable bonds is 0. The second-order valence-electron chi connectivity index (χ2n) is 5.67. The van der Waals surface area contributed by atoms with Crippen molar-refractivity contribution < 1.29 is 4.42 Å². The second-order valence-corrected chi connectivity index (χ2v) is 6.87. The molecule has 0 N–H and O–H groups in total. The van der Waals surface area contributed by atoms with E-state index in [1.165, 1.54) is 5.39 Å². The monoisotopic (exact) mass is 380 g/mol. The van der Waals surface area contributed by atoms with Crippen LogP contribution in [-0.2, 0) is 0 Å². The summed E-state index contributed by atoms with van der Waals surface area (Å²) in [5.41, 5.74) is 1.69. The highest BCUT2D eigenvalue weighted by atomic mass is 79.9. The standard InChI is InChI=1S/C20H10BrClO/c21-19-12-6-2-1-5-11(12)9-15-18-14-8-4-3-7-13(14)16(22)10-17(18)23-20(15)19/h1-10H. The second kappa shape index (κ2) is 4.73. The van der Waals surface area contributed by atoms with Gasteiger partial charge in [0.05, 0.1) is 9.50 Å². The first-order valence-corrected chi connectivity index (χ1v) is 8.52. The summed E-state index contributed by atoms with van der Waals surface area (Å²) in [6, 6.07) is 20.6. The van der Waals surface area contributed by atoms with Crippen LogP contribution in [0.15, 0.2) is 69.6 Å². The van der Waals surface area contributed by atoms with Gasteiger partial charge in [0.2, 0.25) is 0 Å². The van der Waals surface area contributed by atoms with Crippen LogP contribution >= 0.6 is 27.5 Å². The first-order valence-electron chi connectivity index (χ1n) is 7.35. The molecule has 110 valence electrons. The van der Waals surface area contributed by atoms with Crippen molar-refractivity contribution in [3.05, 3.63) is 70.2 Å².